The average molecular weight is 274 g/mol. The summed E-state index contributed by atoms with van der Waals surface area (Å²) < 4.78 is 1.60. The Bertz CT molecular complexity index is 735. The van der Waals surface area contributed by atoms with E-state index < -0.39 is 0 Å². The number of nitrogens with two attached hydrogens (primary N) is 1. The zero-order valence-electron chi connectivity index (χ0n) is 10.3. The molecule has 6 heteroatoms. The molecule has 0 saturated carbocycles. The number of halogens is 1. The zero-order chi connectivity index (χ0) is 13.4. The van der Waals surface area contributed by atoms with Crippen molar-refractivity contribution in [1.82, 2.24) is 19.7 Å². The minimum atomic E-state index is -0.241. The van der Waals surface area contributed by atoms with Gasteiger partial charge in [-0.2, -0.15) is 5.10 Å². The molecule has 0 aliphatic heterocycles. The van der Waals surface area contributed by atoms with Crippen molar-refractivity contribution >= 4 is 22.6 Å². The molecule has 0 aliphatic carbocycles. The van der Waals surface area contributed by atoms with Gasteiger partial charge in [0.05, 0.1) is 28.4 Å². The number of rotatable bonds is 2. The van der Waals surface area contributed by atoms with Gasteiger partial charge in [0.2, 0.25) is 0 Å². The van der Waals surface area contributed by atoms with Gasteiger partial charge in [0.15, 0.2) is 5.82 Å². The van der Waals surface area contributed by atoms with Gasteiger partial charge in [-0.1, -0.05) is 23.7 Å². The second-order valence-electron chi connectivity index (χ2n) is 4.31. The predicted octanol–water partition coefficient (Wildman–Crippen LogP) is 2.49. The normalized spacial score (nSPS) is 12.8. The number of fused-ring (bicyclic) bond motifs is 1. The van der Waals surface area contributed by atoms with Crippen LogP contribution in [0.4, 0.5) is 0 Å². The van der Waals surface area contributed by atoms with Gasteiger partial charge in [0.25, 0.3) is 0 Å². The first-order valence-electron chi connectivity index (χ1n) is 5.88. The van der Waals surface area contributed by atoms with Crippen LogP contribution in [0.3, 0.4) is 0 Å². The Morgan fingerprint density at radius 2 is 1.89 bits per heavy atom. The van der Waals surface area contributed by atoms with E-state index in [1.165, 1.54) is 0 Å². The SMILES string of the molecule is CC(N)c1nc2ccccc2nc1-n1cc(Cl)cn1. The van der Waals surface area contributed by atoms with Gasteiger partial charge < -0.3 is 5.73 Å². The highest BCUT2D eigenvalue weighted by atomic mass is 35.5. The topological polar surface area (TPSA) is 69.6 Å². The van der Waals surface area contributed by atoms with Crippen molar-refractivity contribution in [2.24, 2.45) is 5.73 Å². The highest BCUT2D eigenvalue weighted by Gasteiger charge is 2.14. The van der Waals surface area contributed by atoms with E-state index in [0.29, 0.717) is 16.5 Å². The third-order valence-corrected chi connectivity index (χ3v) is 2.97. The maximum absolute atomic E-state index is 5.97. The van der Waals surface area contributed by atoms with Crippen LogP contribution in [-0.2, 0) is 0 Å². The van der Waals surface area contributed by atoms with E-state index in [1.807, 2.05) is 31.2 Å². The summed E-state index contributed by atoms with van der Waals surface area (Å²) in [5, 5.41) is 4.71. The van der Waals surface area contributed by atoms with Crippen molar-refractivity contribution in [3.8, 4) is 5.82 Å². The van der Waals surface area contributed by atoms with Gasteiger partial charge in [-0.05, 0) is 19.1 Å². The number of nitrogens with zero attached hydrogens (tertiary/aromatic N) is 4. The largest absolute Gasteiger partial charge is 0.323 e. The molecule has 0 amide bonds. The molecule has 2 heterocycles. The summed E-state index contributed by atoms with van der Waals surface area (Å²) in [5.41, 5.74) is 8.28. The maximum Gasteiger partial charge on any atom is 0.177 e. The van der Waals surface area contributed by atoms with E-state index in [-0.39, 0.29) is 6.04 Å². The fourth-order valence-corrected chi connectivity index (χ4v) is 2.03. The first-order chi connectivity index (χ1) is 9.15. The van der Waals surface area contributed by atoms with Crippen molar-refractivity contribution in [1.29, 1.82) is 0 Å². The molecule has 1 unspecified atom stereocenters. The summed E-state index contributed by atoms with van der Waals surface area (Å²) >= 11 is 5.90. The van der Waals surface area contributed by atoms with Crippen LogP contribution in [0.1, 0.15) is 18.7 Å². The molecule has 2 N–H and O–H groups in total. The standard InChI is InChI=1S/C13H12ClN5/c1-8(15)12-13(19-7-9(14)6-16-19)18-11-5-3-2-4-10(11)17-12/h2-8H,15H2,1H3. The Balaban J connectivity index is 2.29. The summed E-state index contributed by atoms with van der Waals surface area (Å²) in [6, 6.07) is 7.42. The summed E-state index contributed by atoms with van der Waals surface area (Å²) in [6.45, 7) is 1.87. The minimum Gasteiger partial charge on any atom is -0.323 e. The van der Waals surface area contributed by atoms with Crippen molar-refractivity contribution in [3.63, 3.8) is 0 Å². The lowest BCUT2D eigenvalue weighted by Gasteiger charge is -2.12. The van der Waals surface area contributed by atoms with Crippen LogP contribution in [-0.4, -0.2) is 19.7 Å². The van der Waals surface area contributed by atoms with Gasteiger partial charge in [-0.3, -0.25) is 0 Å². The molecule has 3 aromatic rings. The smallest absolute Gasteiger partial charge is 0.177 e. The summed E-state index contributed by atoms with van der Waals surface area (Å²) in [5.74, 6) is 0.612. The second-order valence-corrected chi connectivity index (χ2v) is 4.75. The van der Waals surface area contributed by atoms with Gasteiger partial charge in [-0.15, -0.1) is 0 Å². The number of para-hydroxylation sites is 2. The Morgan fingerprint density at radius 1 is 1.21 bits per heavy atom. The van der Waals surface area contributed by atoms with Crippen LogP contribution in [0.25, 0.3) is 16.9 Å². The van der Waals surface area contributed by atoms with Crippen molar-refractivity contribution in [2.75, 3.05) is 0 Å². The molecule has 1 atom stereocenters. The van der Waals surface area contributed by atoms with E-state index in [2.05, 4.69) is 15.1 Å². The molecule has 1 aromatic carbocycles. The van der Waals surface area contributed by atoms with Crippen LogP contribution < -0.4 is 5.73 Å². The number of benzene rings is 1. The van der Waals surface area contributed by atoms with Gasteiger partial charge in [0, 0.05) is 6.04 Å². The van der Waals surface area contributed by atoms with Gasteiger partial charge >= 0.3 is 0 Å². The number of aromatic nitrogens is 4. The Labute approximate surface area is 115 Å². The third kappa shape index (κ3) is 2.18. The summed E-state index contributed by atoms with van der Waals surface area (Å²) in [4.78, 5) is 9.15. The molecule has 0 bridgehead atoms. The first kappa shape index (κ1) is 12.1. The molecule has 0 fully saturated rings. The minimum absolute atomic E-state index is 0.241. The van der Waals surface area contributed by atoms with Crippen LogP contribution >= 0.6 is 11.6 Å². The van der Waals surface area contributed by atoms with Crippen molar-refractivity contribution in [3.05, 3.63) is 47.4 Å². The van der Waals surface area contributed by atoms with Crippen LogP contribution in [0, 0.1) is 0 Å². The Kier molecular flexibility index (Phi) is 2.93. The Hall–Kier alpha value is -1.98. The number of hydrogen-bond acceptors (Lipinski definition) is 4. The molecular formula is C13H12ClN5. The van der Waals surface area contributed by atoms with Crippen LogP contribution in [0.5, 0.6) is 0 Å². The van der Waals surface area contributed by atoms with Gasteiger partial charge in [0.1, 0.15) is 5.69 Å². The van der Waals surface area contributed by atoms with E-state index in [0.717, 1.165) is 11.0 Å². The van der Waals surface area contributed by atoms with E-state index in [4.69, 9.17) is 17.3 Å². The van der Waals surface area contributed by atoms with E-state index >= 15 is 0 Å². The fraction of sp³-hybridized carbons (Fsp3) is 0.154. The molecule has 96 valence electrons. The molecule has 3 rings (SSSR count). The quantitative estimate of drug-likeness (QED) is 0.779. The lowest BCUT2D eigenvalue weighted by molar-refractivity contribution is 0.738. The second kappa shape index (κ2) is 4.60. The fourth-order valence-electron chi connectivity index (χ4n) is 1.90. The predicted molar refractivity (Wildman–Crippen MR) is 74.3 cm³/mol. The third-order valence-electron chi connectivity index (χ3n) is 2.78. The van der Waals surface area contributed by atoms with Crippen LogP contribution in [0.15, 0.2) is 36.7 Å². The van der Waals surface area contributed by atoms with Crippen molar-refractivity contribution in [2.45, 2.75) is 13.0 Å². The molecule has 19 heavy (non-hydrogen) atoms. The lowest BCUT2D eigenvalue weighted by Crippen LogP contribution is -2.14. The molecular weight excluding hydrogens is 262 g/mol. The highest BCUT2D eigenvalue weighted by Crippen LogP contribution is 2.21. The summed E-state index contributed by atoms with van der Waals surface area (Å²) in [7, 11) is 0. The molecule has 5 nitrogen and oxygen atoms in total. The van der Waals surface area contributed by atoms with Crippen LogP contribution in [0.2, 0.25) is 5.02 Å². The molecule has 0 radical (unpaired) electrons. The van der Waals surface area contributed by atoms with E-state index in [9.17, 15) is 0 Å². The lowest BCUT2D eigenvalue weighted by atomic mass is 10.2. The van der Waals surface area contributed by atoms with E-state index in [1.54, 1.807) is 17.1 Å². The highest BCUT2D eigenvalue weighted by molar-refractivity contribution is 6.30. The van der Waals surface area contributed by atoms with Crippen molar-refractivity contribution < 1.29 is 0 Å². The number of hydrogen-bond donors (Lipinski definition) is 1. The molecule has 0 aliphatic rings. The Morgan fingerprint density at radius 3 is 2.47 bits per heavy atom. The summed E-state index contributed by atoms with van der Waals surface area (Å²) in [6.07, 6.45) is 3.25. The average Bonchev–Trinajstić information content (AvgIpc) is 2.83. The van der Waals surface area contributed by atoms with Gasteiger partial charge in [-0.25, -0.2) is 14.6 Å². The first-order valence-corrected chi connectivity index (χ1v) is 6.26. The molecule has 2 aromatic heterocycles. The molecule has 0 spiro atoms. The maximum atomic E-state index is 5.97. The monoisotopic (exact) mass is 273 g/mol. The molecule has 0 saturated heterocycles. The zero-order valence-corrected chi connectivity index (χ0v) is 11.0.